The van der Waals surface area contributed by atoms with E-state index < -0.39 is 11.9 Å². The highest BCUT2D eigenvalue weighted by Gasteiger charge is 2.34. The predicted molar refractivity (Wildman–Crippen MR) is 151 cm³/mol. The van der Waals surface area contributed by atoms with E-state index in [4.69, 9.17) is 9.47 Å². The number of aryl methyl sites for hydroxylation is 1. The molecule has 0 N–H and O–H groups in total. The lowest BCUT2D eigenvalue weighted by Crippen LogP contribution is -2.55. The van der Waals surface area contributed by atoms with Crippen LogP contribution >= 0.6 is 0 Å². The monoisotopic (exact) mass is 544 g/mol. The summed E-state index contributed by atoms with van der Waals surface area (Å²) in [6.07, 6.45) is 2.03. The average molecular weight is 545 g/mol. The minimum Gasteiger partial charge on any atom is -0.494 e. The molecule has 0 spiro atoms. The van der Waals surface area contributed by atoms with Gasteiger partial charge in [0, 0.05) is 36.8 Å². The minimum atomic E-state index is -0.645. The van der Waals surface area contributed by atoms with Gasteiger partial charge < -0.3 is 19.3 Å². The second-order valence-electron chi connectivity index (χ2n) is 9.75. The molecule has 0 bridgehead atoms. The highest BCUT2D eigenvalue weighted by atomic mass is 16.5. The fourth-order valence-corrected chi connectivity index (χ4v) is 4.72. The van der Waals surface area contributed by atoms with Gasteiger partial charge in [0.15, 0.2) is 0 Å². The molecule has 2 heterocycles. The van der Waals surface area contributed by atoms with E-state index in [1.54, 1.807) is 35.8 Å². The first kappa shape index (κ1) is 28.7. The number of hydrogen-bond acceptors (Lipinski definition) is 7. The Morgan fingerprint density at radius 1 is 0.950 bits per heavy atom. The van der Waals surface area contributed by atoms with Crippen molar-refractivity contribution in [3.63, 3.8) is 0 Å². The van der Waals surface area contributed by atoms with Crippen molar-refractivity contribution in [1.29, 1.82) is 0 Å². The largest absolute Gasteiger partial charge is 0.494 e. The lowest BCUT2D eigenvalue weighted by atomic mass is 10.0. The average Bonchev–Trinajstić information content (AvgIpc) is 2.97. The van der Waals surface area contributed by atoms with E-state index in [1.165, 1.54) is 0 Å². The van der Waals surface area contributed by atoms with Crippen LogP contribution in [0.2, 0.25) is 0 Å². The number of hydrogen-bond donors (Lipinski definition) is 0. The zero-order valence-corrected chi connectivity index (χ0v) is 23.6. The number of carbonyl (C=O) groups is 3. The summed E-state index contributed by atoms with van der Waals surface area (Å²) >= 11 is 0. The van der Waals surface area contributed by atoms with Gasteiger partial charge in [-0.1, -0.05) is 43.7 Å². The van der Waals surface area contributed by atoms with Gasteiger partial charge in [-0.3, -0.25) is 9.59 Å². The van der Waals surface area contributed by atoms with Crippen molar-refractivity contribution in [1.82, 2.24) is 19.8 Å². The van der Waals surface area contributed by atoms with E-state index in [9.17, 15) is 14.4 Å². The van der Waals surface area contributed by atoms with Gasteiger partial charge in [0.1, 0.15) is 22.8 Å². The van der Waals surface area contributed by atoms with Gasteiger partial charge in [-0.25, -0.2) is 14.8 Å². The fraction of sp³-hybridized carbons (Fsp3) is 0.387. The molecule has 1 saturated heterocycles. The maximum absolute atomic E-state index is 13.8. The zero-order valence-electron chi connectivity index (χ0n) is 23.6. The molecule has 40 heavy (non-hydrogen) atoms. The van der Waals surface area contributed by atoms with Crippen molar-refractivity contribution in [2.45, 2.75) is 46.6 Å². The molecular formula is C31H36N4O5. The summed E-state index contributed by atoms with van der Waals surface area (Å²) in [7, 11) is 0. The molecule has 4 rings (SSSR count). The van der Waals surface area contributed by atoms with Crippen LogP contribution in [0.25, 0.3) is 11.3 Å². The molecule has 2 amide bonds. The SMILES string of the molecule is CCCCOc1ccc(C(=O)N2CCN(C(=O)c3nc(C)nc(-c4ccccc4)c3C(=O)OCC)CC2C)cc1. The Bertz CT molecular complexity index is 1340. The van der Waals surface area contributed by atoms with Gasteiger partial charge in [0.2, 0.25) is 0 Å². The molecule has 1 atom stereocenters. The van der Waals surface area contributed by atoms with Crippen LogP contribution in [0.1, 0.15) is 70.6 Å². The standard InChI is InChI=1S/C31H36N4O5/c1-5-7-19-40-25-15-13-24(14-16-25)29(36)35-18-17-34(20-21(35)3)30(37)28-26(31(38)39-6-2)27(32-22(4)33-28)23-11-9-8-10-12-23/h8-16,21H,5-7,17-20H2,1-4H3. The molecule has 0 saturated carbocycles. The Balaban J connectivity index is 1.54. The van der Waals surface area contributed by atoms with Crippen LogP contribution < -0.4 is 4.74 Å². The molecule has 1 aromatic heterocycles. The lowest BCUT2D eigenvalue weighted by molar-refractivity contribution is 0.0406. The quantitative estimate of drug-likeness (QED) is 0.282. The van der Waals surface area contributed by atoms with Crippen molar-refractivity contribution < 1.29 is 23.9 Å². The minimum absolute atomic E-state index is 0.00967. The Morgan fingerprint density at radius 3 is 2.33 bits per heavy atom. The summed E-state index contributed by atoms with van der Waals surface area (Å²) in [5, 5.41) is 0. The summed E-state index contributed by atoms with van der Waals surface area (Å²) in [5.41, 5.74) is 1.68. The van der Waals surface area contributed by atoms with Crippen LogP contribution in [0.3, 0.4) is 0 Å². The number of ether oxygens (including phenoxy) is 2. The van der Waals surface area contributed by atoms with Gasteiger partial charge in [-0.15, -0.1) is 0 Å². The molecular weight excluding hydrogens is 508 g/mol. The summed E-state index contributed by atoms with van der Waals surface area (Å²) in [5.74, 6) is -0.0248. The van der Waals surface area contributed by atoms with E-state index in [-0.39, 0.29) is 29.8 Å². The third kappa shape index (κ3) is 6.47. The molecule has 1 aliphatic heterocycles. The topological polar surface area (TPSA) is 102 Å². The van der Waals surface area contributed by atoms with Crippen LogP contribution in [0.15, 0.2) is 54.6 Å². The molecule has 1 fully saturated rings. The van der Waals surface area contributed by atoms with Crippen LogP contribution in [0, 0.1) is 6.92 Å². The molecule has 1 aliphatic rings. The number of carbonyl (C=O) groups excluding carboxylic acids is 3. The third-order valence-electron chi connectivity index (χ3n) is 6.79. The highest BCUT2D eigenvalue weighted by Crippen LogP contribution is 2.27. The second kappa shape index (κ2) is 13.2. The molecule has 210 valence electrons. The molecule has 1 unspecified atom stereocenters. The normalized spacial score (nSPS) is 15.1. The molecule has 0 aliphatic carbocycles. The number of unbranched alkanes of at least 4 members (excludes halogenated alkanes) is 1. The van der Waals surface area contributed by atoms with Crippen molar-refractivity contribution in [3.05, 3.63) is 77.2 Å². The first-order valence-corrected chi connectivity index (χ1v) is 13.8. The highest BCUT2D eigenvalue weighted by molar-refractivity contribution is 6.07. The van der Waals surface area contributed by atoms with Gasteiger partial charge in [-0.2, -0.15) is 0 Å². The van der Waals surface area contributed by atoms with Crippen molar-refractivity contribution in [2.75, 3.05) is 32.8 Å². The number of amides is 2. The van der Waals surface area contributed by atoms with Crippen molar-refractivity contribution >= 4 is 17.8 Å². The van der Waals surface area contributed by atoms with Crippen LogP contribution in [-0.2, 0) is 4.74 Å². The Kier molecular flexibility index (Phi) is 9.47. The second-order valence-corrected chi connectivity index (χ2v) is 9.75. The number of piperazine rings is 1. The molecule has 9 nitrogen and oxygen atoms in total. The van der Waals surface area contributed by atoms with Crippen molar-refractivity contribution in [3.8, 4) is 17.0 Å². The van der Waals surface area contributed by atoms with E-state index in [2.05, 4.69) is 16.9 Å². The zero-order chi connectivity index (χ0) is 28.6. The lowest BCUT2D eigenvalue weighted by Gasteiger charge is -2.40. The summed E-state index contributed by atoms with van der Waals surface area (Å²) in [4.78, 5) is 52.5. The van der Waals surface area contributed by atoms with Gasteiger partial charge >= 0.3 is 5.97 Å². The first-order chi connectivity index (χ1) is 19.3. The van der Waals surface area contributed by atoms with E-state index in [0.29, 0.717) is 48.9 Å². The number of aromatic nitrogens is 2. The third-order valence-corrected chi connectivity index (χ3v) is 6.79. The Labute approximate surface area is 235 Å². The van der Waals surface area contributed by atoms with Gasteiger partial charge in [-0.05, 0) is 51.5 Å². The van der Waals surface area contributed by atoms with Gasteiger partial charge in [0.05, 0.1) is 18.9 Å². The summed E-state index contributed by atoms with van der Waals surface area (Å²) in [6.45, 7) is 9.17. The first-order valence-electron chi connectivity index (χ1n) is 13.8. The number of esters is 1. The molecule has 0 radical (unpaired) electrons. The summed E-state index contributed by atoms with van der Waals surface area (Å²) in [6, 6.07) is 16.1. The molecule has 3 aromatic rings. The summed E-state index contributed by atoms with van der Waals surface area (Å²) < 4.78 is 11.0. The van der Waals surface area contributed by atoms with Crippen LogP contribution in [0.5, 0.6) is 5.75 Å². The molecule has 2 aromatic carbocycles. The van der Waals surface area contributed by atoms with E-state index in [0.717, 1.165) is 18.6 Å². The fourth-order valence-electron chi connectivity index (χ4n) is 4.72. The number of rotatable bonds is 9. The van der Waals surface area contributed by atoms with Gasteiger partial charge in [0.25, 0.3) is 11.8 Å². The Morgan fingerprint density at radius 2 is 1.68 bits per heavy atom. The van der Waals surface area contributed by atoms with Crippen molar-refractivity contribution in [2.24, 2.45) is 0 Å². The maximum atomic E-state index is 13.8. The smallest absolute Gasteiger partial charge is 0.342 e. The van der Waals surface area contributed by atoms with E-state index in [1.807, 2.05) is 49.4 Å². The maximum Gasteiger partial charge on any atom is 0.342 e. The van der Waals surface area contributed by atoms with Crippen LogP contribution in [0.4, 0.5) is 0 Å². The van der Waals surface area contributed by atoms with Crippen LogP contribution in [-0.4, -0.2) is 76.4 Å². The predicted octanol–water partition coefficient (Wildman–Crippen LogP) is 4.79. The Hall–Kier alpha value is -4.27. The molecule has 9 heteroatoms. The number of nitrogens with zero attached hydrogens (tertiary/aromatic N) is 4. The number of benzene rings is 2. The van der Waals surface area contributed by atoms with E-state index >= 15 is 0 Å².